The number of carbonyl (C=O) groups excluding carboxylic acids is 2. The molecule has 12 heteroatoms. The van der Waals surface area contributed by atoms with Crippen LogP contribution in [0.25, 0.3) is 11.3 Å². The van der Waals surface area contributed by atoms with E-state index in [0.717, 1.165) is 18.2 Å². The molecular weight excluding hydrogens is 484 g/mol. The predicted molar refractivity (Wildman–Crippen MR) is 122 cm³/mol. The average Bonchev–Trinajstić information content (AvgIpc) is 3.23. The van der Waals surface area contributed by atoms with Gasteiger partial charge >= 0.3 is 6.18 Å². The van der Waals surface area contributed by atoms with Crippen molar-refractivity contribution in [2.75, 3.05) is 13.2 Å². The number of aryl methyl sites for hydroxylation is 1. The van der Waals surface area contributed by atoms with E-state index in [-0.39, 0.29) is 34.9 Å². The molecule has 36 heavy (non-hydrogen) atoms. The third kappa shape index (κ3) is 5.48. The van der Waals surface area contributed by atoms with E-state index in [1.165, 1.54) is 18.3 Å². The number of hydrogen-bond donors (Lipinski definition) is 4. The zero-order chi connectivity index (χ0) is 26.7. The largest absolute Gasteiger partial charge is 0.491 e. The maximum absolute atomic E-state index is 14.3. The molecule has 0 saturated heterocycles. The Morgan fingerprint density at radius 1 is 1.19 bits per heavy atom. The normalized spacial score (nSPS) is 13.2. The summed E-state index contributed by atoms with van der Waals surface area (Å²) in [4.78, 5) is 30.8. The van der Waals surface area contributed by atoms with Crippen LogP contribution in [0.1, 0.15) is 34.2 Å². The molecular formula is C24H24F4N4O4. The topological polar surface area (TPSA) is 130 Å². The van der Waals surface area contributed by atoms with E-state index in [9.17, 15) is 32.3 Å². The number of H-pyrrole nitrogens is 1. The fraction of sp³-hybridized carbons (Fsp3) is 0.292. The first-order chi connectivity index (χ1) is 16.9. The Balaban J connectivity index is 2.17. The number of nitrogens with one attached hydrogen (secondary N) is 2. The van der Waals surface area contributed by atoms with Crippen molar-refractivity contribution < 1.29 is 37.0 Å². The molecule has 192 valence electrons. The van der Waals surface area contributed by atoms with Gasteiger partial charge in [-0.2, -0.15) is 13.2 Å². The molecule has 0 aliphatic heterocycles. The molecule has 0 saturated carbocycles. The minimum absolute atomic E-state index is 0.0283. The fourth-order valence-electron chi connectivity index (χ4n) is 3.55. The lowest BCUT2D eigenvalue weighted by Crippen LogP contribution is -2.51. The third-order valence-electron chi connectivity index (χ3n) is 5.40. The molecule has 0 aliphatic carbocycles. The standard InChI is InChI=1S/C24H24F4N4O4/c1-3-36-21-15(11-18(29)33)10-17(32-20(21)14-4-6-16(25)7-5-14)23(35,24(26,27)28)12-31-22(34)19-13(2)8-9-30-19/h4-10,30,35H,3,11-12H2,1-2H3,(H2,29,33)(H,31,34)/t23-/m0/s1. The van der Waals surface area contributed by atoms with Gasteiger partial charge in [0.15, 0.2) is 0 Å². The van der Waals surface area contributed by atoms with Gasteiger partial charge in [0.25, 0.3) is 5.91 Å². The van der Waals surface area contributed by atoms with Gasteiger partial charge in [-0.05, 0) is 55.8 Å². The number of amides is 2. The number of aromatic amines is 1. The van der Waals surface area contributed by atoms with E-state index in [2.05, 4.69) is 15.3 Å². The second-order valence-corrected chi connectivity index (χ2v) is 8.00. The van der Waals surface area contributed by atoms with Crippen molar-refractivity contribution in [3.8, 4) is 17.0 Å². The first kappa shape index (κ1) is 26.7. The van der Waals surface area contributed by atoms with Crippen molar-refractivity contribution in [2.24, 2.45) is 5.73 Å². The second kappa shape index (κ2) is 10.4. The zero-order valence-corrected chi connectivity index (χ0v) is 19.4. The fourth-order valence-corrected chi connectivity index (χ4v) is 3.55. The van der Waals surface area contributed by atoms with Crippen molar-refractivity contribution >= 4 is 11.8 Å². The number of halogens is 4. The number of carbonyl (C=O) groups is 2. The summed E-state index contributed by atoms with van der Waals surface area (Å²) >= 11 is 0. The Labute approximate surface area is 203 Å². The Kier molecular flexibility index (Phi) is 7.68. The summed E-state index contributed by atoms with van der Waals surface area (Å²) in [5, 5.41) is 13.0. The van der Waals surface area contributed by atoms with Crippen LogP contribution >= 0.6 is 0 Å². The average molecular weight is 508 g/mol. The number of nitrogens with two attached hydrogens (primary N) is 1. The summed E-state index contributed by atoms with van der Waals surface area (Å²) in [6.45, 7) is 1.98. The number of primary amides is 1. The molecule has 0 aliphatic rings. The highest BCUT2D eigenvalue weighted by molar-refractivity contribution is 5.93. The number of rotatable bonds is 9. The van der Waals surface area contributed by atoms with Crippen molar-refractivity contribution in [1.29, 1.82) is 0 Å². The SMILES string of the molecule is CCOc1c(CC(N)=O)cc([C@@](O)(CNC(=O)c2[nH]ccc2C)C(F)(F)F)nc1-c1ccc(F)cc1. The van der Waals surface area contributed by atoms with Crippen molar-refractivity contribution in [3.05, 3.63) is 70.9 Å². The minimum atomic E-state index is -5.30. The van der Waals surface area contributed by atoms with Gasteiger partial charge in [-0.15, -0.1) is 0 Å². The molecule has 3 aromatic rings. The Hall–Kier alpha value is -3.93. The Morgan fingerprint density at radius 3 is 2.39 bits per heavy atom. The number of nitrogens with zero attached hydrogens (tertiary/aromatic N) is 1. The highest BCUT2D eigenvalue weighted by atomic mass is 19.4. The molecule has 2 heterocycles. The van der Waals surface area contributed by atoms with Crippen LogP contribution in [0.15, 0.2) is 42.6 Å². The van der Waals surface area contributed by atoms with E-state index in [0.29, 0.717) is 5.56 Å². The molecule has 0 bridgehead atoms. The van der Waals surface area contributed by atoms with Gasteiger partial charge in [0.05, 0.1) is 25.3 Å². The molecule has 2 amide bonds. The number of alkyl halides is 3. The molecule has 3 rings (SSSR count). The summed E-state index contributed by atoms with van der Waals surface area (Å²) in [5.41, 5.74) is 1.19. The van der Waals surface area contributed by atoms with E-state index in [1.807, 2.05) is 0 Å². The van der Waals surface area contributed by atoms with Crippen LogP contribution in [0.4, 0.5) is 17.6 Å². The molecule has 0 spiro atoms. The Morgan fingerprint density at radius 2 is 1.86 bits per heavy atom. The molecule has 0 unspecified atom stereocenters. The molecule has 5 N–H and O–H groups in total. The van der Waals surface area contributed by atoms with Gasteiger partial charge in [-0.1, -0.05) is 0 Å². The summed E-state index contributed by atoms with van der Waals surface area (Å²) < 4.78 is 61.9. The number of aliphatic hydroxyl groups is 1. The third-order valence-corrected chi connectivity index (χ3v) is 5.40. The van der Waals surface area contributed by atoms with E-state index in [4.69, 9.17) is 10.5 Å². The van der Waals surface area contributed by atoms with Crippen LogP contribution in [-0.2, 0) is 16.8 Å². The van der Waals surface area contributed by atoms with Gasteiger partial charge in [-0.25, -0.2) is 9.37 Å². The predicted octanol–water partition coefficient (Wildman–Crippen LogP) is 3.13. The van der Waals surface area contributed by atoms with Gasteiger partial charge in [0.2, 0.25) is 11.5 Å². The van der Waals surface area contributed by atoms with E-state index in [1.54, 1.807) is 19.9 Å². The summed E-state index contributed by atoms with van der Waals surface area (Å²) in [6.07, 6.45) is -4.38. The lowest BCUT2D eigenvalue weighted by Gasteiger charge is -2.31. The van der Waals surface area contributed by atoms with Gasteiger partial charge < -0.3 is 25.9 Å². The first-order valence-corrected chi connectivity index (χ1v) is 10.8. The lowest BCUT2D eigenvalue weighted by molar-refractivity contribution is -0.265. The van der Waals surface area contributed by atoms with Crippen LogP contribution < -0.4 is 15.8 Å². The first-order valence-electron chi connectivity index (χ1n) is 10.8. The van der Waals surface area contributed by atoms with Crippen molar-refractivity contribution in [3.63, 3.8) is 0 Å². The summed E-state index contributed by atoms with van der Waals surface area (Å²) in [6, 6.07) is 7.09. The molecule has 0 radical (unpaired) electrons. The molecule has 2 aromatic heterocycles. The number of pyridine rings is 1. The number of ether oxygens (including phenoxy) is 1. The monoisotopic (exact) mass is 508 g/mol. The summed E-state index contributed by atoms with van der Waals surface area (Å²) in [5.74, 6) is -2.38. The quantitative estimate of drug-likeness (QED) is 0.330. The van der Waals surface area contributed by atoms with Crippen LogP contribution in [0.2, 0.25) is 0 Å². The van der Waals surface area contributed by atoms with Gasteiger partial charge in [0.1, 0.15) is 23.0 Å². The van der Waals surface area contributed by atoms with Crippen molar-refractivity contribution in [1.82, 2.24) is 15.3 Å². The highest BCUT2D eigenvalue weighted by Gasteiger charge is 2.56. The molecule has 0 fully saturated rings. The Bertz CT molecular complexity index is 1260. The van der Waals surface area contributed by atoms with E-state index >= 15 is 0 Å². The van der Waals surface area contributed by atoms with E-state index < -0.39 is 48.1 Å². The van der Waals surface area contributed by atoms with Crippen LogP contribution in [-0.4, -0.2) is 46.2 Å². The van der Waals surface area contributed by atoms with Gasteiger partial charge in [0, 0.05) is 17.3 Å². The summed E-state index contributed by atoms with van der Waals surface area (Å²) in [7, 11) is 0. The maximum atomic E-state index is 14.3. The molecule has 1 atom stereocenters. The minimum Gasteiger partial charge on any atom is -0.491 e. The van der Waals surface area contributed by atoms with Gasteiger partial charge in [-0.3, -0.25) is 9.59 Å². The number of aromatic nitrogens is 2. The molecule has 1 aromatic carbocycles. The zero-order valence-electron chi connectivity index (χ0n) is 19.4. The van der Waals surface area contributed by atoms with Crippen LogP contribution in [0, 0.1) is 12.7 Å². The van der Waals surface area contributed by atoms with Crippen LogP contribution in [0.3, 0.4) is 0 Å². The second-order valence-electron chi connectivity index (χ2n) is 8.00. The van der Waals surface area contributed by atoms with Crippen molar-refractivity contribution in [2.45, 2.75) is 32.0 Å². The smallest absolute Gasteiger partial charge is 0.424 e. The number of benzene rings is 1. The lowest BCUT2D eigenvalue weighted by atomic mass is 9.93. The number of hydrogen-bond acceptors (Lipinski definition) is 5. The van der Waals surface area contributed by atoms with Crippen LogP contribution in [0.5, 0.6) is 5.75 Å². The highest BCUT2D eigenvalue weighted by Crippen LogP contribution is 2.42. The molecule has 8 nitrogen and oxygen atoms in total. The maximum Gasteiger partial charge on any atom is 0.424 e.